The molecule has 5 heteroatoms. The van der Waals surface area contributed by atoms with Gasteiger partial charge in [0.15, 0.2) is 12.9 Å². The Labute approximate surface area is 191 Å². The van der Waals surface area contributed by atoms with Crippen molar-refractivity contribution < 1.29 is 14.3 Å². The van der Waals surface area contributed by atoms with Crippen molar-refractivity contribution in [2.24, 2.45) is 5.10 Å². The molecule has 5 nitrogen and oxygen atoms in total. The second-order valence-electron chi connectivity index (χ2n) is 7.92. The maximum Gasteiger partial charge on any atom is 0.281 e. The van der Waals surface area contributed by atoms with Gasteiger partial charge < -0.3 is 4.74 Å². The average Bonchev–Trinajstić information content (AvgIpc) is 3.33. The van der Waals surface area contributed by atoms with Gasteiger partial charge in [0, 0.05) is 6.42 Å². The van der Waals surface area contributed by atoms with E-state index in [1.807, 2.05) is 48.5 Å². The summed E-state index contributed by atoms with van der Waals surface area (Å²) < 4.78 is 5.69. The number of hydrogen-bond donors (Lipinski definition) is 0. The Balaban J connectivity index is 1.44. The molecule has 0 spiro atoms. The van der Waals surface area contributed by atoms with E-state index in [9.17, 15) is 9.59 Å². The van der Waals surface area contributed by atoms with Crippen LogP contribution in [0.5, 0.6) is 5.75 Å². The lowest BCUT2D eigenvalue weighted by atomic mass is 9.97. The monoisotopic (exact) mass is 434 g/mol. The predicted molar refractivity (Wildman–Crippen MR) is 128 cm³/mol. The first-order valence-electron chi connectivity index (χ1n) is 10.8. The first-order chi connectivity index (χ1) is 16.2. The van der Waals surface area contributed by atoms with Gasteiger partial charge in [-0.2, -0.15) is 5.10 Å². The van der Waals surface area contributed by atoms with E-state index in [0.29, 0.717) is 17.7 Å². The van der Waals surface area contributed by atoms with Crippen LogP contribution in [0.2, 0.25) is 0 Å². The van der Waals surface area contributed by atoms with Gasteiger partial charge in [-0.3, -0.25) is 9.59 Å². The largest absolute Gasteiger partial charge is 0.483 e. The molecule has 0 radical (unpaired) electrons. The third kappa shape index (κ3) is 4.26. The molecule has 4 aromatic rings. The smallest absolute Gasteiger partial charge is 0.281 e. The van der Waals surface area contributed by atoms with Crippen LogP contribution >= 0.6 is 0 Å². The third-order valence-corrected chi connectivity index (χ3v) is 5.83. The van der Waals surface area contributed by atoms with E-state index in [1.54, 1.807) is 24.3 Å². The number of amides is 1. The Kier molecular flexibility index (Phi) is 5.68. The van der Waals surface area contributed by atoms with Crippen molar-refractivity contribution in [3.05, 3.63) is 114 Å². The van der Waals surface area contributed by atoms with Crippen molar-refractivity contribution in [3.8, 4) is 5.75 Å². The van der Waals surface area contributed by atoms with Crippen molar-refractivity contribution in [1.82, 2.24) is 5.01 Å². The highest BCUT2D eigenvalue weighted by atomic mass is 16.5. The van der Waals surface area contributed by atoms with Crippen molar-refractivity contribution >= 4 is 28.7 Å². The molecule has 162 valence electrons. The molecule has 1 aliphatic rings. The van der Waals surface area contributed by atoms with Gasteiger partial charge in [0.05, 0.1) is 17.3 Å². The number of carbonyl (C=O) groups excluding carboxylic acids is 2. The van der Waals surface area contributed by atoms with Gasteiger partial charge in [-0.15, -0.1) is 0 Å². The van der Waals surface area contributed by atoms with Crippen LogP contribution < -0.4 is 4.74 Å². The number of para-hydroxylation sites is 1. The number of nitrogens with zero attached hydrogens (tertiary/aromatic N) is 2. The summed E-state index contributed by atoms with van der Waals surface area (Å²) in [5, 5.41) is 8.54. The fourth-order valence-electron chi connectivity index (χ4n) is 4.13. The zero-order valence-corrected chi connectivity index (χ0v) is 17.9. The van der Waals surface area contributed by atoms with Gasteiger partial charge in [0.1, 0.15) is 5.75 Å². The lowest BCUT2D eigenvalue weighted by Gasteiger charge is -2.22. The third-order valence-electron chi connectivity index (χ3n) is 5.83. The SMILES string of the molecule is O=Cc1ccccc1OCC(=O)N1N=C(c2ccc3ccccc3c2)CC1c1ccccc1. The van der Waals surface area contributed by atoms with E-state index in [-0.39, 0.29) is 18.6 Å². The van der Waals surface area contributed by atoms with Gasteiger partial charge in [0.2, 0.25) is 0 Å². The first kappa shape index (κ1) is 20.6. The molecule has 1 amide bonds. The quantitative estimate of drug-likeness (QED) is 0.381. The Morgan fingerprint density at radius 1 is 0.909 bits per heavy atom. The molecule has 0 saturated carbocycles. The zero-order chi connectivity index (χ0) is 22.6. The van der Waals surface area contributed by atoms with Crippen LogP contribution in [-0.2, 0) is 4.79 Å². The standard InChI is InChI=1S/C28H22N2O3/c31-18-24-12-6-7-13-27(24)33-19-28(32)30-26(21-9-2-1-3-10-21)17-25(29-30)23-15-14-20-8-4-5-11-22(20)16-23/h1-16,18,26H,17,19H2. The summed E-state index contributed by atoms with van der Waals surface area (Å²) in [6.07, 6.45) is 1.33. The van der Waals surface area contributed by atoms with Crippen LogP contribution in [-0.4, -0.2) is 29.5 Å². The molecule has 0 aromatic heterocycles. The fraction of sp³-hybridized carbons (Fsp3) is 0.107. The molecule has 1 unspecified atom stereocenters. The summed E-state index contributed by atoms with van der Waals surface area (Å²) >= 11 is 0. The topological polar surface area (TPSA) is 59.0 Å². The number of fused-ring (bicyclic) bond motifs is 1. The minimum Gasteiger partial charge on any atom is -0.483 e. The molecule has 0 saturated heterocycles. The number of carbonyl (C=O) groups is 2. The zero-order valence-electron chi connectivity index (χ0n) is 17.9. The van der Waals surface area contributed by atoms with E-state index in [0.717, 1.165) is 33.9 Å². The molecule has 1 atom stereocenters. The lowest BCUT2D eigenvalue weighted by Crippen LogP contribution is -2.31. The van der Waals surface area contributed by atoms with Gasteiger partial charge in [-0.25, -0.2) is 5.01 Å². The molecule has 0 N–H and O–H groups in total. The van der Waals surface area contributed by atoms with E-state index in [4.69, 9.17) is 9.84 Å². The van der Waals surface area contributed by atoms with Gasteiger partial charge in [0.25, 0.3) is 5.91 Å². The maximum absolute atomic E-state index is 13.2. The first-order valence-corrected chi connectivity index (χ1v) is 10.8. The summed E-state index contributed by atoms with van der Waals surface area (Å²) in [5.74, 6) is 0.121. The molecule has 0 aliphatic carbocycles. The number of hydrogen-bond acceptors (Lipinski definition) is 4. The molecule has 0 fully saturated rings. The van der Waals surface area contributed by atoms with Gasteiger partial charge in [-0.05, 0) is 40.1 Å². The second kappa shape index (κ2) is 9.09. The summed E-state index contributed by atoms with van der Waals surface area (Å²) in [5.41, 5.74) is 3.28. The molecule has 1 aliphatic heterocycles. The van der Waals surface area contributed by atoms with Crippen LogP contribution in [0, 0.1) is 0 Å². The fourth-order valence-corrected chi connectivity index (χ4v) is 4.13. The minimum atomic E-state index is -0.264. The average molecular weight is 434 g/mol. The molecule has 33 heavy (non-hydrogen) atoms. The Morgan fingerprint density at radius 2 is 1.64 bits per heavy atom. The minimum absolute atomic E-state index is 0.206. The molecular weight excluding hydrogens is 412 g/mol. The number of aldehydes is 1. The highest BCUT2D eigenvalue weighted by Crippen LogP contribution is 2.33. The molecule has 0 bridgehead atoms. The van der Waals surface area contributed by atoms with Crippen molar-refractivity contribution in [1.29, 1.82) is 0 Å². The van der Waals surface area contributed by atoms with Crippen LogP contribution in [0.15, 0.2) is 102 Å². The van der Waals surface area contributed by atoms with Crippen molar-refractivity contribution in [3.63, 3.8) is 0 Å². The number of hydrazone groups is 1. The Hall–Kier alpha value is -4.25. The van der Waals surface area contributed by atoms with Crippen LogP contribution in [0.25, 0.3) is 10.8 Å². The maximum atomic E-state index is 13.2. The Bertz CT molecular complexity index is 1350. The lowest BCUT2D eigenvalue weighted by molar-refractivity contribution is -0.135. The summed E-state index contributed by atoms with van der Waals surface area (Å²) in [6.45, 7) is -0.206. The summed E-state index contributed by atoms with van der Waals surface area (Å²) in [4.78, 5) is 24.5. The van der Waals surface area contributed by atoms with E-state index in [2.05, 4.69) is 24.3 Å². The predicted octanol–water partition coefficient (Wildman–Crippen LogP) is 5.41. The van der Waals surface area contributed by atoms with Crippen molar-refractivity contribution in [2.75, 3.05) is 6.61 Å². The highest BCUT2D eigenvalue weighted by Gasteiger charge is 2.33. The normalized spacial score (nSPS) is 15.3. The summed E-state index contributed by atoms with van der Waals surface area (Å²) in [7, 11) is 0. The van der Waals surface area contributed by atoms with Crippen LogP contribution in [0.1, 0.15) is 33.9 Å². The van der Waals surface area contributed by atoms with Crippen LogP contribution in [0.3, 0.4) is 0 Å². The van der Waals surface area contributed by atoms with Crippen LogP contribution in [0.4, 0.5) is 0 Å². The molecular formula is C28H22N2O3. The Morgan fingerprint density at radius 3 is 2.45 bits per heavy atom. The molecule has 4 aromatic carbocycles. The number of rotatable bonds is 6. The molecule has 5 rings (SSSR count). The van der Waals surface area contributed by atoms with E-state index >= 15 is 0 Å². The van der Waals surface area contributed by atoms with E-state index < -0.39 is 0 Å². The number of ether oxygens (including phenoxy) is 1. The van der Waals surface area contributed by atoms with E-state index in [1.165, 1.54) is 5.01 Å². The second-order valence-corrected chi connectivity index (χ2v) is 7.92. The molecule has 1 heterocycles. The number of benzene rings is 4. The van der Waals surface area contributed by atoms with Gasteiger partial charge >= 0.3 is 0 Å². The summed E-state index contributed by atoms with van der Waals surface area (Å²) in [6, 6.07) is 31.0. The highest BCUT2D eigenvalue weighted by molar-refractivity contribution is 6.05. The van der Waals surface area contributed by atoms with Gasteiger partial charge in [-0.1, -0.05) is 78.9 Å². The van der Waals surface area contributed by atoms with Crippen molar-refractivity contribution in [2.45, 2.75) is 12.5 Å².